The molecule has 1 aromatic heterocycles. The quantitative estimate of drug-likeness (QED) is 0.902. The zero-order chi connectivity index (χ0) is 18.9. The predicted octanol–water partition coefficient (Wildman–Crippen LogP) is 3.30. The molecule has 0 fully saturated rings. The number of hydrogen-bond acceptors (Lipinski definition) is 3. The number of amides is 1. The van der Waals surface area contributed by atoms with Crippen LogP contribution in [-0.2, 0) is 25.9 Å². The van der Waals surface area contributed by atoms with Crippen molar-refractivity contribution in [2.45, 2.75) is 44.9 Å². The van der Waals surface area contributed by atoms with Crippen molar-refractivity contribution in [3.63, 3.8) is 0 Å². The second kappa shape index (κ2) is 7.01. The summed E-state index contributed by atoms with van der Waals surface area (Å²) in [4.78, 5) is 17.9. The highest BCUT2D eigenvalue weighted by Crippen LogP contribution is 2.29. The Morgan fingerprint density at radius 1 is 1.27 bits per heavy atom. The molecular formula is C18H20F3N3O2. The first-order chi connectivity index (χ1) is 12.2. The van der Waals surface area contributed by atoms with E-state index < -0.39 is 18.6 Å². The Kier molecular flexibility index (Phi) is 4.93. The molecule has 0 saturated carbocycles. The summed E-state index contributed by atoms with van der Waals surface area (Å²) in [6, 6.07) is 3.32. The number of rotatable bonds is 4. The number of aromatic nitrogens is 2. The van der Waals surface area contributed by atoms with Crippen molar-refractivity contribution in [3.05, 3.63) is 47.0 Å². The van der Waals surface area contributed by atoms with Gasteiger partial charge in [0.2, 0.25) is 0 Å². The van der Waals surface area contributed by atoms with Gasteiger partial charge in [-0.3, -0.25) is 4.79 Å². The van der Waals surface area contributed by atoms with Gasteiger partial charge in [0.15, 0.2) is 0 Å². The largest absolute Gasteiger partial charge is 0.507 e. The third-order valence-corrected chi connectivity index (χ3v) is 4.57. The molecule has 1 amide bonds. The molecule has 0 bridgehead atoms. The van der Waals surface area contributed by atoms with Gasteiger partial charge in [0, 0.05) is 19.4 Å². The molecule has 5 nitrogen and oxygen atoms in total. The summed E-state index contributed by atoms with van der Waals surface area (Å²) in [5.74, 6) is -0.408. The van der Waals surface area contributed by atoms with Crippen LogP contribution >= 0.6 is 0 Å². The molecule has 0 unspecified atom stereocenters. The highest BCUT2D eigenvalue weighted by atomic mass is 19.4. The van der Waals surface area contributed by atoms with E-state index in [0.29, 0.717) is 0 Å². The lowest BCUT2D eigenvalue weighted by Gasteiger charge is -2.21. The van der Waals surface area contributed by atoms with E-state index in [4.69, 9.17) is 0 Å². The lowest BCUT2D eigenvalue weighted by Crippen LogP contribution is -2.29. The lowest BCUT2D eigenvalue weighted by atomic mass is 9.89. The van der Waals surface area contributed by atoms with Gasteiger partial charge in [-0.2, -0.15) is 13.2 Å². The normalized spacial score (nSPS) is 14.2. The molecule has 8 heteroatoms. The Morgan fingerprint density at radius 3 is 2.58 bits per heavy atom. The van der Waals surface area contributed by atoms with Crippen LogP contribution in [-0.4, -0.2) is 38.7 Å². The molecule has 3 rings (SSSR count). The molecule has 1 N–H and O–H groups in total. The fraction of sp³-hybridized carbons (Fsp3) is 0.444. The third-order valence-electron chi connectivity index (χ3n) is 4.57. The molecule has 0 saturated heterocycles. The number of aryl methyl sites for hydroxylation is 2. The van der Waals surface area contributed by atoms with E-state index in [0.717, 1.165) is 41.4 Å². The first kappa shape index (κ1) is 18.3. The van der Waals surface area contributed by atoms with E-state index in [-0.39, 0.29) is 23.7 Å². The Bertz CT molecular complexity index is 814. The number of hydrogen-bond donors (Lipinski definition) is 1. The van der Waals surface area contributed by atoms with E-state index in [9.17, 15) is 23.1 Å². The van der Waals surface area contributed by atoms with E-state index in [2.05, 4.69) is 4.98 Å². The van der Waals surface area contributed by atoms with Gasteiger partial charge in [-0.05, 0) is 48.9 Å². The maximum Gasteiger partial charge on any atom is 0.406 e. The summed E-state index contributed by atoms with van der Waals surface area (Å²) in [6.45, 7) is -1.24. The standard InChI is InChI=1S/C18H20F3N3O2/c1-23(10-16-22-6-7-24(16)11-18(19,20)21)17(26)14-8-12-4-2-3-5-13(12)9-15(14)25/h6-9,25H,2-5,10-11H2,1H3. The molecule has 0 radical (unpaired) electrons. The van der Waals surface area contributed by atoms with Crippen LogP contribution < -0.4 is 0 Å². The highest BCUT2D eigenvalue weighted by Gasteiger charge is 2.29. The molecule has 26 heavy (non-hydrogen) atoms. The summed E-state index contributed by atoms with van der Waals surface area (Å²) in [7, 11) is 1.48. The summed E-state index contributed by atoms with van der Waals surface area (Å²) in [6.07, 6.45) is 1.97. The van der Waals surface area contributed by atoms with Gasteiger partial charge in [0.1, 0.15) is 18.1 Å². The zero-order valence-corrected chi connectivity index (χ0v) is 14.4. The minimum atomic E-state index is -4.37. The second-order valence-corrected chi connectivity index (χ2v) is 6.59. The van der Waals surface area contributed by atoms with Gasteiger partial charge in [-0.15, -0.1) is 0 Å². The number of phenolic OH excluding ortho intramolecular Hbond substituents is 1. The van der Waals surface area contributed by atoms with Crippen LogP contribution in [0.1, 0.15) is 40.2 Å². The molecule has 1 aromatic carbocycles. The van der Waals surface area contributed by atoms with E-state index in [1.54, 1.807) is 12.1 Å². The molecule has 1 aliphatic rings. The van der Waals surface area contributed by atoms with Crippen LogP contribution in [0.15, 0.2) is 24.5 Å². The van der Waals surface area contributed by atoms with Gasteiger partial charge < -0.3 is 14.6 Å². The zero-order valence-electron chi connectivity index (χ0n) is 14.4. The molecule has 2 aromatic rings. The molecule has 140 valence electrons. The van der Waals surface area contributed by atoms with Crippen molar-refractivity contribution in [2.75, 3.05) is 7.05 Å². The molecule has 1 heterocycles. The van der Waals surface area contributed by atoms with Gasteiger partial charge in [0.25, 0.3) is 5.91 Å². The first-order valence-electron chi connectivity index (χ1n) is 8.41. The predicted molar refractivity (Wildman–Crippen MR) is 88.8 cm³/mol. The van der Waals surface area contributed by atoms with E-state index >= 15 is 0 Å². The second-order valence-electron chi connectivity index (χ2n) is 6.59. The number of carbonyl (C=O) groups is 1. The van der Waals surface area contributed by atoms with Crippen LogP contribution in [0.25, 0.3) is 0 Å². The molecule has 1 aliphatic carbocycles. The summed E-state index contributed by atoms with van der Waals surface area (Å²) in [5.41, 5.74) is 2.26. The molecule has 0 spiro atoms. The van der Waals surface area contributed by atoms with Crippen molar-refractivity contribution in [1.82, 2.24) is 14.5 Å². The fourth-order valence-electron chi connectivity index (χ4n) is 3.26. The number of halogens is 3. The maximum atomic E-state index is 12.7. The van der Waals surface area contributed by atoms with Crippen LogP contribution in [0, 0.1) is 0 Å². The third kappa shape index (κ3) is 4.00. The van der Waals surface area contributed by atoms with Gasteiger partial charge in [-0.1, -0.05) is 0 Å². The average molecular weight is 367 g/mol. The fourth-order valence-corrected chi connectivity index (χ4v) is 3.26. The number of imidazole rings is 1. The monoisotopic (exact) mass is 367 g/mol. The van der Waals surface area contributed by atoms with E-state index in [1.165, 1.54) is 24.3 Å². The van der Waals surface area contributed by atoms with Crippen LogP contribution in [0.4, 0.5) is 13.2 Å². The number of carbonyl (C=O) groups excluding carboxylic acids is 1. The summed E-state index contributed by atoms with van der Waals surface area (Å²) in [5, 5.41) is 10.2. The summed E-state index contributed by atoms with van der Waals surface area (Å²) >= 11 is 0. The van der Waals surface area contributed by atoms with E-state index in [1.807, 2.05) is 0 Å². The SMILES string of the molecule is CN(Cc1nccn1CC(F)(F)F)C(=O)c1cc2c(cc1O)CCCC2. The van der Waals surface area contributed by atoms with Crippen molar-refractivity contribution >= 4 is 5.91 Å². The Hall–Kier alpha value is -2.51. The lowest BCUT2D eigenvalue weighted by molar-refractivity contribution is -0.141. The maximum absolute atomic E-state index is 12.7. The van der Waals surface area contributed by atoms with Gasteiger partial charge >= 0.3 is 6.18 Å². The number of fused-ring (bicyclic) bond motifs is 1. The number of nitrogens with zero attached hydrogens (tertiary/aromatic N) is 3. The smallest absolute Gasteiger partial charge is 0.406 e. The number of alkyl halides is 3. The number of benzene rings is 1. The van der Waals surface area contributed by atoms with Gasteiger partial charge in [-0.25, -0.2) is 4.98 Å². The van der Waals surface area contributed by atoms with Crippen LogP contribution in [0.2, 0.25) is 0 Å². The Morgan fingerprint density at radius 2 is 1.92 bits per heavy atom. The molecule has 0 atom stereocenters. The number of aromatic hydroxyl groups is 1. The molecular weight excluding hydrogens is 347 g/mol. The number of phenols is 1. The minimum Gasteiger partial charge on any atom is -0.507 e. The van der Waals surface area contributed by atoms with Crippen molar-refractivity contribution in [2.24, 2.45) is 0 Å². The van der Waals surface area contributed by atoms with Crippen molar-refractivity contribution < 1.29 is 23.1 Å². The summed E-state index contributed by atoms with van der Waals surface area (Å²) < 4.78 is 38.8. The van der Waals surface area contributed by atoms with Gasteiger partial charge in [0.05, 0.1) is 12.1 Å². The topological polar surface area (TPSA) is 58.4 Å². The Balaban J connectivity index is 1.78. The highest BCUT2D eigenvalue weighted by molar-refractivity contribution is 5.97. The molecule has 0 aliphatic heterocycles. The van der Waals surface area contributed by atoms with Crippen LogP contribution in [0.5, 0.6) is 5.75 Å². The first-order valence-corrected chi connectivity index (χ1v) is 8.41. The van der Waals surface area contributed by atoms with Crippen molar-refractivity contribution in [3.8, 4) is 5.75 Å². The Labute approximate surface area is 149 Å². The minimum absolute atomic E-state index is 0.0849. The average Bonchev–Trinajstić information content (AvgIpc) is 2.98. The van der Waals surface area contributed by atoms with Crippen molar-refractivity contribution in [1.29, 1.82) is 0 Å². The van der Waals surface area contributed by atoms with Crippen LogP contribution in [0.3, 0.4) is 0 Å².